The van der Waals surface area contributed by atoms with Gasteiger partial charge in [0.2, 0.25) is 5.91 Å². The number of hydrogen-bond donors (Lipinski definition) is 2. The lowest BCUT2D eigenvalue weighted by atomic mass is 10.1. The first-order chi connectivity index (χ1) is 13.7. The Morgan fingerprint density at radius 2 is 2.21 bits per heavy atom. The fourth-order valence-electron chi connectivity index (χ4n) is 2.74. The quantitative estimate of drug-likeness (QED) is 0.531. The predicted molar refractivity (Wildman–Crippen MR) is 109 cm³/mol. The van der Waals surface area contributed by atoms with Crippen LogP contribution in [0.25, 0.3) is 16.5 Å². The normalized spacial score (nSPS) is 15.0. The zero-order valence-electron chi connectivity index (χ0n) is 16.0. The molecule has 0 spiro atoms. The van der Waals surface area contributed by atoms with Crippen LogP contribution in [0.4, 0.5) is 5.69 Å². The van der Waals surface area contributed by atoms with E-state index in [0.717, 1.165) is 10.9 Å². The van der Waals surface area contributed by atoms with Gasteiger partial charge in [0.15, 0.2) is 0 Å². The standard InChI is InChI=1S/C20H24N4O4/c1-22-10-13(9-21)18-8-19(28-6-5-26-2)16-7-15(3-4-17(16)24-18)23-20(25)14-11-27-12-14/h3-4,7-10,14H,5-6,11-12,21H2,1-2H3,(H,23,25)/b13-9+,22-10?. The summed E-state index contributed by atoms with van der Waals surface area (Å²) >= 11 is 0. The number of aliphatic imine (C=N–C) groups is 1. The number of nitrogens with two attached hydrogens (primary N) is 1. The molecule has 1 aliphatic rings. The average molecular weight is 384 g/mol. The highest BCUT2D eigenvalue weighted by atomic mass is 16.5. The van der Waals surface area contributed by atoms with E-state index in [-0.39, 0.29) is 11.8 Å². The van der Waals surface area contributed by atoms with E-state index >= 15 is 0 Å². The second-order valence-electron chi connectivity index (χ2n) is 6.31. The minimum absolute atomic E-state index is 0.0514. The van der Waals surface area contributed by atoms with Gasteiger partial charge in [0.25, 0.3) is 0 Å². The number of hydrogen-bond acceptors (Lipinski definition) is 7. The smallest absolute Gasteiger partial charge is 0.232 e. The van der Waals surface area contributed by atoms with Crippen LogP contribution >= 0.6 is 0 Å². The Labute approximate surface area is 163 Å². The molecule has 3 N–H and O–H groups in total. The summed E-state index contributed by atoms with van der Waals surface area (Å²) in [5.41, 5.74) is 8.46. The first-order valence-electron chi connectivity index (χ1n) is 8.96. The summed E-state index contributed by atoms with van der Waals surface area (Å²) < 4.78 is 16.1. The number of anilines is 1. The van der Waals surface area contributed by atoms with E-state index in [1.165, 1.54) is 6.20 Å². The third-order valence-corrected chi connectivity index (χ3v) is 4.34. The molecular weight excluding hydrogens is 360 g/mol. The molecule has 0 unspecified atom stereocenters. The lowest BCUT2D eigenvalue weighted by Gasteiger charge is -2.24. The van der Waals surface area contributed by atoms with Gasteiger partial charge in [-0.15, -0.1) is 0 Å². The molecule has 0 aliphatic carbocycles. The lowest BCUT2D eigenvalue weighted by Crippen LogP contribution is -2.38. The Morgan fingerprint density at radius 1 is 1.39 bits per heavy atom. The Hall–Kier alpha value is -2.97. The number of aromatic nitrogens is 1. The molecule has 0 radical (unpaired) electrons. The molecule has 0 saturated carbocycles. The number of nitrogens with one attached hydrogen (secondary N) is 1. The van der Waals surface area contributed by atoms with Crippen molar-refractivity contribution in [1.82, 2.24) is 4.98 Å². The van der Waals surface area contributed by atoms with Crippen molar-refractivity contribution in [3.05, 3.63) is 36.2 Å². The topological polar surface area (TPSA) is 108 Å². The van der Waals surface area contributed by atoms with E-state index in [4.69, 9.17) is 19.9 Å². The van der Waals surface area contributed by atoms with Crippen LogP contribution in [0.5, 0.6) is 5.75 Å². The summed E-state index contributed by atoms with van der Waals surface area (Å²) in [7, 11) is 3.28. The maximum absolute atomic E-state index is 12.2. The molecule has 8 nitrogen and oxygen atoms in total. The number of fused-ring (bicyclic) bond motifs is 1. The van der Waals surface area contributed by atoms with E-state index in [1.54, 1.807) is 20.4 Å². The van der Waals surface area contributed by atoms with Gasteiger partial charge in [0.05, 0.1) is 36.9 Å². The van der Waals surface area contributed by atoms with Gasteiger partial charge in [0.1, 0.15) is 12.4 Å². The molecule has 0 bridgehead atoms. The fraction of sp³-hybridized carbons (Fsp3) is 0.350. The van der Waals surface area contributed by atoms with Crippen LogP contribution < -0.4 is 15.8 Å². The first kappa shape index (κ1) is 19.8. The van der Waals surface area contributed by atoms with Gasteiger partial charge in [0, 0.05) is 49.3 Å². The Morgan fingerprint density at radius 3 is 2.86 bits per heavy atom. The molecule has 0 atom stereocenters. The number of rotatable bonds is 8. The van der Waals surface area contributed by atoms with Crippen LogP contribution in [0.3, 0.4) is 0 Å². The summed E-state index contributed by atoms with van der Waals surface area (Å²) in [4.78, 5) is 20.9. The Balaban J connectivity index is 1.97. The number of methoxy groups -OCH3 is 1. The molecule has 28 heavy (non-hydrogen) atoms. The van der Waals surface area contributed by atoms with Gasteiger partial charge in [-0.25, -0.2) is 4.98 Å². The average Bonchev–Trinajstić information content (AvgIpc) is 2.64. The molecule has 148 valence electrons. The van der Waals surface area contributed by atoms with Crippen molar-refractivity contribution >= 4 is 34.3 Å². The highest BCUT2D eigenvalue weighted by molar-refractivity contribution is 6.09. The summed E-state index contributed by atoms with van der Waals surface area (Å²) in [5, 5.41) is 3.70. The molecule has 1 aliphatic heterocycles. The van der Waals surface area contributed by atoms with Crippen molar-refractivity contribution < 1.29 is 19.0 Å². The zero-order valence-corrected chi connectivity index (χ0v) is 16.0. The van der Waals surface area contributed by atoms with Crippen molar-refractivity contribution in [3.8, 4) is 5.75 Å². The van der Waals surface area contributed by atoms with Crippen LogP contribution in [0, 0.1) is 5.92 Å². The van der Waals surface area contributed by atoms with Gasteiger partial charge in [-0.2, -0.15) is 0 Å². The molecule has 3 rings (SSSR count). The minimum Gasteiger partial charge on any atom is -0.490 e. The predicted octanol–water partition coefficient (Wildman–Crippen LogP) is 1.85. The number of pyridine rings is 1. The van der Waals surface area contributed by atoms with E-state index in [1.807, 2.05) is 24.3 Å². The largest absolute Gasteiger partial charge is 0.490 e. The van der Waals surface area contributed by atoms with E-state index < -0.39 is 0 Å². The Bertz CT molecular complexity index is 906. The van der Waals surface area contributed by atoms with Gasteiger partial charge < -0.3 is 25.3 Å². The van der Waals surface area contributed by atoms with E-state index in [2.05, 4.69) is 15.3 Å². The number of amides is 1. The van der Waals surface area contributed by atoms with Crippen LogP contribution in [-0.2, 0) is 14.3 Å². The van der Waals surface area contributed by atoms with Gasteiger partial charge in [-0.05, 0) is 18.2 Å². The lowest BCUT2D eigenvalue weighted by molar-refractivity contribution is -0.133. The molecule has 1 aromatic heterocycles. The van der Waals surface area contributed by atoms with Crippen LogP contribution in [0.1, 0.15) is 5.69 Å². The molecule has 1 fully saturated rings. The molecule has 1 amide bonds. The summed E-state index contributed by atoms with van der Waals surface area (Å²) in [6, 6.07) is 7.32. The van der Waals surface area contributed by atoms with Gasteiger partial charge >= 0.3 is 0 Å². The van der Waals surface area contributed by atoms with Crippen molar-refractivity contribution in [2.75, 3.05) is 45.9 Å². The highest BCUT2D eigenvalue weighted by Gasteiger charge is 2.26. The molecule has 8 heteroatoms. The van der Waals surface area contributed by atoms with Crippen LogP contribution in [-0.4, -0.2) is 57.7 Å². The molecule has 1 saturated heterocycles. The number of carbonyl (C=O) groups excluding carboxylic acids is 1. The molecule has 2 aromatic rings. The van der Waals surface area contributed by atoms with Crippen LogP contribution in [0.15, 0.2) is 35.5 Å². The monoisotopic (exact) mass is 384 g/mol. The number of nitrogens with zero attached hydrogens (tertiary/aromatic N) is 2. The number of ether oxygens (including phenoxy) is 3. The minimum atomic E-state index is -0.0980. The SMILES string of the molecule is CN=C/C(=C\N)c1cc(OCCOC)c2cc(NC(=O)C3COC3)ccc2n1. The third-order valence-electron chi connectivity index (χ3n) is 4.34. The van der Waals surface area contributed by atoms with Gasteiger partial charge in [-0.3, -0.25) is 9.79 Å². The number of carbonyl (C=O) groups is 1. The first-order valence-corrected chi connectivity index (χ1v) is 8.96. The fourth-order valence-corrected chi connectivity index (χ4v) is 2.74. The van der Waals surface area contributed by atoms with Gasteiger partial charge in [-0.1, -0.05) is 0 Å². The van der Waals surface area contributed by atoms with E-state index in [9.17, 15) is 4.79 Å². The van der Waals surface area contributed by atoms with Crippen molar-refractivity contribution in [2.45, 2.75) is 0 Å². The zero-order chi connectivity index (χ0) is 19.9. The summed E-state index contributed by atoms with van der Waals surface area (Å²) in [5.74, 6) is 0.479. The summed E-state index contributed by atoms with van der Waals surface area (Å²) in [6.45, 7) is 1.76. The third kappa shape index (κ3) is 4.47. The Kier molecular flexibility index (Phi) is 6.57. The molecule has 1 aromatic carbocycles. The van der Waals surface area contributed by atoms with Crippen molar-refractivity contribution in [1.29, 1.82) is 0 Å². The molecule has 2 heterocycles. The highest BCUT2D eigenvalue weighted by Crippen LogP contribution is 2.30. The summed E-state index contributed by atoms with van der Waals surface area (Å²) in [6.07, 6.45) is 3.10. The van der Waals surface area contributed by atoms with Crippen LogP contribution in [0.2, 0.25) is 0 Å². The van der Waals surface area contributed by atoms with Crippen molar-refractivity contribution in [2.24, 2.45) is 16.6 Å². The maximum atomic E-state index is 12.2. The molecular formula is C20H24N4O4. The number of benzene rings is 1. The second kappa shape index (κ2) is 9.29. The van der Waals surface area contributed by atoms with Crippen molar-refractivity contribution in [3.63, 3.8) is 0 Å². The van der Waals surface area contributed by atoms with E-state index in [0.29, 0.717) is 49.1 Å². The maximum Gasteiger partial charge on any atom is 0.232 e. The number of allylic oxidation sites excluding steroid dienone is 1. The second-order valence-corrected chi connectivity index (χ2v) is 6.31.